The fourth-order valence-electron chi connectivity index (χ4n) is 1.31. The molecule has 3 nitrogen and oxygen atoms in total. The van der Waals surface area contributed by atoms with E-state index in [1.807, 2.05) is 19.9 Å². The predicted molar refractivity (Wildman–Crippen MR) is 64.0 cm³/mol. The van der Waals surface area contributed by atoms with E-state index in [4.69, 9.17) is 6.42 Å². The van der Waals surface area contributed by atoms with Crippen LogP contribution in [0.2, 0.25) is 0 Å². The molecule has 0 bridgehead atoms. The molecule has 1 amide bonds. The second-order valence-corrected chi connectivity index (χ2v) is 3.68. The first-order valence-corrected chi connectivity index (χ1v) is 5.34. The topological polar surface area (TPSA) is 42.0 Å². The second kappa shape index (κ2) is 5.92. The van der Waals surface area contributed by atoms with Crippen LogP contribution in [0.25, 0.3) is 0 Å². The predicted octanol–water partition coefficient (Wildman–Crippen LogP) is 1.92. The van der Waals surface area contributed by atoms with Crippen molar-refractivity contribution in [2.75, 3.05) is 0 Å². The van der Waals surface area contributed by atoms with Gasteiger partial charge in [0.15, 0.2) is 0 Å². The fourth-order valence-corrected chi connectivity index (χ4v) is 1.31. The second-order valence-electron chi connectivity index (χ2n) is 3.68. The van der Waals surface area contributed by atoms with Crippen molar-refractivity contribution >= 4 is 5.91 Å². The van der Waals surface area contributed by atoms with E-state index in [2.05, 4.69) is 16.2 Å². The first kappa shape index (κ1) is 12.3. The molecular formula is C13H16N2O. The molecule has 0 spiro atoms. The van der Waals surface area contributed by atoms with Crippen molar-refractivity contribution in [1.82, 2.24) is 10.3 Å². The Labute approximate surface area is 96.3 Å². The van der Waals surface area contributed by atoms with Crippen molar-refractivity contribution in [2.24, 2.45) is 0 Å². The Hall–Kier alpha value is -1.82. The van der Waals surface area contributed by atoms with Gasteiger partial charge in [-0.15, -0.1) is 12.3 Å². The molecule has 1 N–H and O–H groups in total. The molecule has 0 fully saturated rings. The Kier molecular flexibility index (Phi) is 4.53. The van der Waals surface area contributed by atoms with Gasteiger partial charge in [0.1, 0.15) is 0 Å². The quantitative estimate of drug-likeness (QED) is 0.781. The minimum absolute atomic E-state index is 0.0406. The molecule has 1 aromatic rings. The van der Waals surface area contributed by atoms with Crippen molar-refractivity contribution in [2.45, 2.75) is 32.7 Å². The summed E-state index contributed by atoms with van der Waals surface area (Å²) in [7, 11) is 0. The van der Waals surface area contributed by atoms with Crippen LogP contribution in [0.4, 0.5) is 0 Å². The lowest BCUT2D eigenvalue weighted by molar-refractivity contribution is 0.0936. The largest absolute Gasteiger partial charge is 0.348 e. The molecule has 0 saturated carbocycles. The average Bonchev–Trinajstić information content (AvgIpc) is 2.29. The maximum absolute atomic E-state index is 11.8. The first-order chi connectivity index (χ1) is 7.67. The van der Waals surface area contributed by atoms with Gasteiger partial charge in [0.2, 0.25) is 0 Å². The first-order valence-electron chi connectivity index (χ1n) is 5.34. The highest BCUT2D eigenvalue weighted by Gasteiger charge is 2.10. The zero-order valence-corrected chi connectivity index (χ0v) is 9.66. The molecule has 0 radical (unpaired) electrons. The fraction of sp³-hybridized carbons (Fsp3) is 0.385. The number of rotatable bonds is 4. The molecule has 0 aliphatic carbocycles. The van der Waals surface area contributed by atoms with Crippen LogP contribution < -0.4 is 5.32 Å². The summed E-state index contributed by atoms with van der Waals surface area (Å²) in [6.45, 7) is 3.88. The maximum Gasteiger partial charge on any atom is 0.253 e. The minimum Gasteiger partial charge on any atom is -0.348 e. The van der Waals surface area contributed by atoms with Crippen molar-refractivity contribution in [3.63, 3.8) is 0 Å². The molecule has 1 unspecified atom stereocenters. The van der Waals surface area contributed by atoms with E-state index in [9.17, 15) is 4.79 Å². The maximum atomic E-state index is 11.8. The van der Waals surface area contributed by atoms with Crippen molar-refractivity contribution in [3.8, 4) is 12.3 Å². The van der Waals surface area contributed by atoms with Gasteiger partial charge < -0.3 is 5.32 Å². The standard InChI is InChI=1S/C13H16N2O/c1-4-6-12(5-2)15-13(16)11-8-7-10(3)14-9-11/h1,7-9,12H,5-6H2,2-3H3,(H,15,16). The zero-order chi connectivity index (χ0) is 12.0. The molecule has 1 atom stereocenters. The van der Waals surface area contributed by atoms with Crippen molar-refractivity contribution < 1.29 is 4.79 Å². The van der Waals surface area contributed by atoms with E-state index < -0.39 is 0 Å². The number of aryl methyl sites for hydroxylation is 1. The van der Waals surface area contributed by atoms with Crippen molar-refractivity contribution in [3.05, 3.63) is 29.6 Å². The highest BCUT2D eigenvalue weighted by atomic mass is 16.1. The van der Waals surface area contributed by atoms with Gasteiger partial charge in [-0.3, -0.25) is 9.78 Å². The number of aromatic nitrogens is 1. The highest BCUT2D eigenvalue weighted by Crippen LogP contribution is 2.02. The third-order valence-electron chi connectivity index (χ3n) is 2.37. The van der Waals surface area contributed by atoms with Crippen LogP contribution in [0.15, 0.2) is 18.3 Å². The number of nitrogens with zero attached hydrogens (tertiary/aromatic N) is 1. The summed E-state index contributed by atoms with van der Waals surface area (Å²) in [5, 5.41) is 2.88. The smallest absolute Gasteiger partial charge is 0.253 e. The van der Waals surface area contributed by atoms with Crippen LogP contribution in [0.1, 0.15) is 35.8 Å². The van der Waals surface area contributed by atoms with Crippen LogP contribution in [-0.2, 0) is 0 Å². The summed E-state index contributed by atoms with van der Waals surface area (Å²) < 4.78 is 0. The Morgan fingerprint density at radius 2 is 2.38 bits per heavy atom. The minimum atomic E-state index is -0.116. The van der Waals surface area contributed by atoms with Gasteiger partial charge in [0, 0.05) is 24.4 Å². The van der Waals surface area contributed by atoms with E-state index in [1.165, 1.54) is 0 Å². The highest BCUT2D eigenvalue weighted by molar-refractivity contribution is 5.94. The van der Waals surface area contributed by atoms with Crippen LogP contribution in [0.5, 0.6) is 0 Å². The van der Waals surface area contributed by atoms with Crippen molar-refractivity contribution in [1.29, 1.82) is 0 Å². The number of pyridine rings is 1. The molecule has 3 heteroatoms. The van der Waals surface area contributed by atoms with Crippen LogP contribution in [-0.4, -0.2) is 16.9 Å². The molecule has 0 saturated heterocycles. The number of terminal acetylenes is 1. The Bertz CT molecular complexity index is 389. The monoisotopic (exact) mass is 216 g/mol. The molecule has 0 aromatic carbocycles. The lowest BCUT2D eigenvalue weighted by Gasteiger charge is -2.13. The Morgan fingerprint density at radius 1 is 1.62 bits per heavy atom. The van der Waals surface area contributed by atoms with Gasteiger partial charge in [0.05, 0.1) is 5.56 Å². The van der Waals surface area contributed by atoms with E-state index in [0.717, 1.165) is 12.1 Å². The summed E-state index contributed by atoms with van der Waals surface area (Å²) >= 11 is 0. The molecule has 0 aliphatic heterocycles. The molecule has 84 valence electrons. The van der Waals surface area contributed by atoms with E-state index in [1.54, 1.807) is 12.3 Å². The molecular weight excluding hydrogens is 200 g/mol. The van der Waals surface area contributed by atoms with Crippen LogP contribution in [0.3, 0.4) is 0 Å². The number of nitrogens with one attached hydrogen (secondary N) is 1. The van der Waals surface area contributed by atoms with E-state index >= 15 is 0 Å². The lowest BCUT2D eigenvalue weighted by Crippen LogP contribution is -2.34. The Morgan fingerprint density at radius 3 is 2.88 bits per heavy atom. The molecule has 0 aliphatic rings. The number of carbonyl (C=O) groups is 1. The van der Waals surface area contributed by atoms with Gasteiger partial charge in [0.25, 0.3) is 5.91 Å². The van der Waals surface area contributed by atoms with Gasteiger partial charge in [-0.1, -0.05) is 6.92 Å². The third-order valence-corrected chi connectivity index (χ3v) is 2.37. The number of amides is 1. The van der Waals surface area contributed by atoms with E-state index in [-0.39, 0.29) is 11.9 Å². The number of carbonyl (C=O) groups excluding carboxylic acids is 1. The van der Waals surface area contributed by atoms with Gasteiger partial charge in [-0.25, -0.2) is 0 Å². The number of hydrogen-bond donors (Lipinski definition) is 1. The summed E-state index contributed by atoms with van der Waals surface area (Å²) in [6, 6.07) is 3.62. The van der Waals surface area contributed by atoms with Crippen LogP contribution in [0, 0.1) is 19.3 Å². The Balaban J connectivity index is 2.65. The van der Waals surface area contributed by atoms with Gasteiger partial charge >= 0.3 is 0 Å². The normalized spacial score (nSPS) is 11.6. The third kappa shape index (κ3) is 3.39. The zero-order valence-electron chi connectivity index (χ0n) is 9.66. The average molecular weight is 216 g/mol. The van der Waals surface area contributed by atoms with Gasteiger partial charge in [-0.05, 0) is 25.5 Å². The van der Waals surface area contributed by atoms with E-state index in [0.29, 0.717) is 12.0 Å². The summed E-state index contributed by atoms with van der Waals surface area (Å²) in [4.78, 5) is 15.9. The summed E-state index contributed by atoms with van der Waals surface area (Å²) in [5.41, 5.74) is 1.47. The molecule has 16 heavy (non-hydrogen) atoms. The number of hydrogen-bond acceptors (Lipinski definition) is 2. The SMILES string of the molecule is C#CCC(CC)NC(=O)c1ccc(C)nc1. The van der Waals surface area contributed by atoms with Gasteiger partial charge in [-0.2, -0.15) is 0 Å². The molecule has 1 rings (SSSR count). The lowest BCUT2D eigenvalue weighted by atomic mass is 10.1. The van der Waals surface area contributed by atoms with Crippen LogP contribution >= 0.6 is 0 Å². The molecule has 1 aromatic heterocycles. The summed E-state index contributed by atoms with van der Waals surface area (Å²) in [6.07, 6.45) is 8.19. The summed E-state index contributed by atoms with van der Waals surface area (Å²) in [5.74, 6) is 2.44. The molecule has 1 heterocycles.